The highest BCUT2D eigenvalue weighted by molar-refractivity contribution is 6.42. The molecule has 0 aromatic heterocycles. The van der Waals surface area contributed by atoms with Gasteiger partial charge < -0.3 is 14.6 Å². The second-order valence-corrected chi connectivity index (χ2v) is 6.96. The molecule has 1 amide bonds. The molecule has 3 rings (SSSR count). The Balaban J connectivity index is 2.18. The van der Waals surface area contributed by atoms with Gasteiger partial charge in [-0.15, -0.1) is 0 Å². The van der Waals surface area contributed by atoms with Crippen LogP contribution in [0.4, 0.5) is 5.69 Å². The van der Waals surface area contributed by atoms with Gasteiger partial charge >= 0.3 is 5.97 Å². The molecule has 2 aromatic carbocycles. The molecule has 0 bridgehead atoms. The number of benzene rings is 2. The normalized spacial score (nSPS) is 15.3. The highest BCUT2D eigenvalue weighted by atomic mass is 35.5. The van der Waals surface area contributed by atoms with E-state index in [4.69, 9.17) is 32.7 Å². The number of hydrogen-bond acceptors (Lipinski definition) is 5. The van der Waals surface area contributed by atoms with Crippen LogP contribution in [0.3, 0.4) is 0 Å². The molecule has 1 aliphatic rings. The zero-order chi connectivity index (χ0) is 21.3. The molecule has 2 aromatic rings. The first-order chi connectivity index (χ1) is 13.8. The van der Waals surface area contributed by atoms with Crippen molar-refractivity contribution in [1.29, 1.82) is 0 Å². The Labute approximate surface area is 177 Å². The van der Waals surface area contributed by atoms with E-state index in [1.54, 1.807) is 37.3 Å². The SMILES string of the molecule is COC(=O)C1=C(C)N(c2ccc(Cl)c(Cl)c2)C(=O)/C1=C\c1cccc(OC)c1O. The predicted octanol–water partition coefficient (Wildman–Crippen LogP) is 4.58. The van der Waals surface area contributed by atoms with Gasteiger partial charge in [0.15, 0.2) is 11.5 Å². The molecule has 0 unspecified atom stereocenters. The summed E-state index contributed by atoms with van der Waals surface area (Å²) in [5.74, 6) is -1.05. The average Bonchev–Trinajstić information content (AvgIpc) is 2.95. The Morgan fingerprint density at radius 3 is 2.48 bits per heavy atom. The van der Waals surface area contributed by atoms with Gasteiger partial charge in [0.25, 0.3) is 5.91 Å². The number of carbonyl (C=O) groups excluding carboxylic acids is 2. The van der Waals surface area contributed by atoms with Gasteiger partial charge in [-0.3, -0.25) is 9.69 Å². The van der Waals surface area contributed by atoms with Crippen molar-refractivity contribution in [2.75, 3.05) is 19.1 Å². The van der Waals surface area contributed by atoms with Crippen LogP contribution in [0.1, 0.15) is 12.5 Å². The van der Waals surface area contributed by atoms with Crippen LogP contribution < -0.4 is 9.64 Å². The van der Waals surface area contributed by atoms with Gasteiger partial charge in [-0.2, -0.15) is 0 Å². The van der Waals surface area contributed by atoms with E-state index < -0.39 is 11.9 Å². The van der Waals surface area contributed by atoms with E-state index >= 15 is 0 Å². The zero-order valence-electron chi connectivity index (χ0n) is 15.8. The summed E-state index contributed by atoms with van der Waals surface area (Å²) in [6.07, 6.45) is 1.42. The van der Waals surface area contributed by atoms with E-state index in [-0.39, 0.29) is 27.7 Å². The Hall–Kier alpha value is -2.96. The lowest BCUT2D eigenvalue weighted by atomic mass is 10.0. The first kappa shape index (κ1) is 20.8. The van der Waals surface area contributed by atoms with Crippen LogP contribution in [0.25, 0.3) is 6.08 Å². The maximum atomic E-state index is 13.2. The van der Waals surface area contributed by atoms with Crippen molar-refractivity contribution in [3.8, 4) is 11.5 Å². The second kappa shape index (κ2) is 8.19. The summed E-state index contributed by atoms with van der Waals surface area (Å²) in [4.78, 5) is 27.0. The number of phenols is 1. The third kappa shape index (κ3) is 3.69. The maximum Gasteiger partial charge on any atom is 0.340 e. The Morgan fingerprint density at radius 2 is 1.86 bits per heavy atom. The van der Waals surface area contributed by atoms with Gasteiger partial charge in [0, 0.05) is 11.3 Å². The number of rotatable bonds is 4. The number of ether oxygens (including phenoxy) is 2. The number of nitrogens with zero attached hydrogens (tertiary/aromatic N) is 1. The number of halogens is 2. The van der Waals surface area contributed by atoms with Crippen LogP contribution in [-0.2, 0) is 14.3 Å². The molecule has 0 spiro atoms. The van der Waals surface area contributed by atoms with Gasteiger partial charge in [-0.1, -0.05) is 35.3 Å². The van der Waals surface area contributed by atoms with Crippen LogP contribution in [0.15, 0.2) is 53.2 Å². The fraction of sp³-hybridized carbons (Fsp3) is 0.143. The fourth-order valence-electron chi connectivity index (χ4n) is 3.09. The Morgan fingerprint density at radius 1 is 1.14 bits per heavy atom. The number of phenolic OH excluding ortho intramolecular Hbond substituents is 1. The fourth-order valence-corrected chi connectivity index (χ4v) is 3.38. The summed E-state index contributed by atoms with van der Waals surface area (Å²) in [5.41, 5.74) is 1.29. The topological polar surface area (TPSA) is 76.1 Å². The molecule has 6 nitrogen and oxygen atoms in total. The molecule has 0 atom stereocenters. The number of carbonyl (C=O) groups is 2. The summed E-state index contributed by atoms with van der Waals surface area (Å²) >= 11 is 12.1. The van der Waals surface area contributed by atoms with Crippen molar-refractivity contribution in [2.45, 2.75) is 6.92 Å². The molecule has 1 aliphatic heterocycles. The van der Waals surface area contributed by atoms with Crippen molar-refractivity contribution in [3.63, 3.8) is 0 Å². The molecule has 150 valence electrons. The van der Waals surface area contributed by atoms with Gasteiger partial charge in [0.2, 0.25) is 0 Å². The van der Waals surface area contributed by atoms with Crippen LogP contribution in [-0.4, -0.2) is 31.2 Å². The summed E-state index contributed by atoms with van der Waals surface area (Å²) in [7, 11) is 2.65. The minimum absolute atomic E-state index is 0.0731. The number of esters is 1. The summed E-state index contributed by atoms with van der Waals surface area (Å²) in [5, 5.41) is 11.0. The van der Waals surface area contributed by atoms with Crippen molar-refractivity contribution in [1.82, 2.24) is 0 Å². The molecule has 0 saturated carbocycles. The zero-order valence-corrected chi connectivity index (χ0v) is 17.3. The number of hydrogen-bond donors (Lipinski definition) is 1. The van der Waals surface area contributed by atoms with E-state index in [1.807, 2.05) is 0 Å². The summed E-state index contributed by atoms with van der Waals surface area (Å²) in [6, 6.07) is 9.56. The number of allylic oxidation sites excluding steroid dienone is 1. The third-order valence-corrected chi connectivity index (χ3v) is 5.24. The smallest absolute Gasteiger partial charge is 0.340 e. The lowest BCUT2D eigenvalue weighted by molar-refractivity contribution is -0.136. The molecule has 1 heterocycles. The van der Waals surface area contributed by atoms with E-state index in [1.165, 1.54) is 31.3 Å². The average molecular weight is 434 g/mol. The lowest BCUT2D eigenvalue weighted by Crippen LogP contribution is -2.24. The van der Waals surface area contributed by atoms with Gasteiger partial charge in [-0.25, -0.2) is 4.79 Å². The molecule has 0 fully saturated rings. The van der Waals surface area contributed by atoms with Crippen molar-refractivity contribution in [2.24, 2.45) is 0 Å². The number of para-hydroxylation sites is 1. The van der Waals surface area contributed by atoms with E-state index in [9.17, 15) is 14.7 Å². The lowest BCUT2D eigenvalue weighted by Gasteiger charge is -2.18. The van der Waals surface area contributed by atoms with E-state index in [0.29, 0.717) is 22.0 Å². The highest BCUT2D eigenvalue weighted by Gasteiger charge is 2.38. The minimum atomic E-state index is -0.674. The molecule has 8 heteroatoms. The van der Waals surface area contributed by atoms with Gasteiger partial charge in [0.05, 0.1) is 41.1 Å². The molecule has 0 radical (unpaired) electrons. The maximum absolute atomic E-state index is 13.2. The highest BCUT2D eigenvalue weighted by Crippen LogP contribution is 2.39. The monoisotopic (exact) mass is 433 g/mol. The molecule has 0 saturated heterocycles. The molecule has 0 aliphatic carbocycles. The molecule has 1 N–H and O–H groups in total. The van der Waals surface area contributed by atoms with Crippen molar-refractivity contribution >= 4 is 46.8 Å². The summed E-state index contributed by atoms with van der Waals surface area (Å²) in [6.45, 7) is 1.62. The van der Waals surface area contributed by atoms with Crippen molar-refractivity contribution in [3.05, 3.63) is 68.9 Å². The van der Waals surface area contributed by atoms with Gasteiger partial charge in [0.1, 0.15) is 0 Å². The van der Waals surface area contributed by atoms with Crippen LogP contribution in [0.5, 0.6) is 11.5 Å². The minimum Gasteiger partial charge on any atom is -0.504 e. The number of methoxy groups -OCH3 is 2. The first-order valence-corrected chi connectivity index (χ1v) is 9.22. The third-order valence-electron chi connectivity index (χ3n) is 4.50. The largest absolute Gasteiger partial charge is 0.504 e. The molecule has 29 heavy (non-hydrogen) atoms. The second-order valence-electron chi connectivity index (χ2n) is 6.15. The Kier molecular flexibility index (Phi) is 5.86. The Bertz CT molecular complexity index is 1070. The predicted molar refractivity (Wildman–Crippen MR) is 111 cm³/mol. The quantitative estimate of drug-likeness (QED) is 0.563. The number of aromatic hydroxyl groups is 1. The standard InChI is InChI=1S/C21H17Cl2NO5/c1-11-18(21(27)29-3)14(9-12-5-4-6-17(28-2)19(12)25)20(26)24(11)13-7-8-15(22)16(23)10-13/h4-10,25H,1-3H3/b14-9-. The van der Waals surface area contributed by atoms with Crippen LogP contribution in [0.2, 0.25) is 10.0 Å². The van der Waals surface area contributed by atoms with Crippen LogP contribution >= 0.6 is 23.2 Å². The van der Waals surface area contributed by atoms with Crippen molar-refractivity contribution < 1.29 is 24.2 Å². The molecular formula is C21H17Cl2NO5. The molecular weight excluding hydrogens is 417 g/mol. The van der Waals surface area contributed by atoms with Gasteiger partial charge in [-0.05, 0) is 37.3 Å². The number of anilines is 1. The van der Waals surface area contributed by atoms with E-state index in [0.717, 1.165) is 0 Å². The first-order valence-electron chi connectivity index (χ1n) is 8.46. The van der Waals surface area contributed by atoms with E-state index in [2.05, 4.69) is 0 Å². The number of amides is 1. The summed E-state index contributed by atoms with van der Waals surface area (Å²) < 4.78 is 9.98. The van der Waals surface area contributed by atoms with Crippen LogP contribution in [0, 0.1) is 0 Å².